The maximum Gasteiger partial charge on any atom is 0.244 e. The van der Waals surface area contributed by atoms with Crippen LogP contribution in [0.4, 0.5) is 5.69 Å². The molecule has 94 valence electrons. The second kappa shape index (κ2) is 7.54. The van der Waals surface area contributed by atoms with Gasteiger partial charge >= 0.3 is 0 Å². The Kier molecular flexibility index (Phi) is 6.77. The number of anilines is 1. The number of phenols is 1. The van der Waals surface area contributed by atoms with Gasteiger partial charge in [-0.15, -0.1) is 12.4 Å². The molecule has 0 saturated heterocycles. The zero-order chi connectivity index (χ0) is 12.0. The van der Waals surface area contributed by atoms with Crippen molar-refractivity contribution in [1.29, 1.82) is 0 Å². The number of nitrogens with two attached hydrogens (primary N) is 2. The van der Waals surface area contributed by atoms with Crippen molar-refractivity contribution in [1.82, 2.24) is 5.32 Å². The summed E-state index contributed by atoms with van der Waals surface area (Å²) in [5.41, 5.74) is 11.8. The molecule has 0 aliphatic carbocycles. The summed E-state index contributed by atoms with van der Waals surface area (Å²) >= 11 is 0. The second-order valence-electron chi connectivity index (χ2n) is 3.23. The summed E-state index contributed by atoms with van der Waals surface area (Å²) in [4.78, 5) is 11.2. The van der Waals surface area contributed by atoms with Crippen LogP contribution in [0, 0.1) is 0 Å². The molecule has 0 fully saturated rings. The number of phenolic OH excluding ortho intramolecular Hbond substituents is 1. The van der Waals surface area contributed by atoms with E-state index < -0.39 is 0 Å². The third kappa shape index (κ3) is 5.24. The molecule has 5 nitrogen and oxygen atoms in total. The first-order valence-electron chi connectivity index (χ1n) is 4.88. The van der Waals surface area contributed by atoms with E-state index >= 15 is 0 Å². The number of nitrogens with one attached hydrogen (secondary N) is 1. The minimum Gasteiger partial charge on any atom is -0.507 e. The van der Waals surface area contributed by atoms with Gasteiger partial charge in [0.05, 0.1) is 0 Å². The molecule has 0 aromatic heterocycles. The van der Waals surface area contributed by atoms with Gasteiger partial charge in [-0.2, -0.15) is 0 Å². The van der Waals surface area contributed by atoms with E-state index in [1.165, 1.54) is 18.2 Å². The van der Waals surface area contributed by atoms with Gasteiger partial charge < -0.3 is 21.9 Å². The number of aromatic hydroxyl groups is 1. The predicted octanol–water partition coefficient (Wildman–Crippen LogP) is 0.484. The van der Waals surface area contributed by atoms with Crippen LogP contribution in [0.15, 0.2) is 24.3 Å². The Hall–Kier alpha value is -1.72. The van der Waals surface area contributed by atoms with Gasteiger partial charge in [-0.3, -0.25) is 4.79 Å². The van der Waals surface area contributed by atoms with E-state index in [-0.39, 0.29) is 24.1 Å². The third-order valence-electron chi connectivity index (χ3n) is 1.91. The molecule has 1 amide bonds. The number of nitrogen functional groups attached to an aromatic ring is 1. The van der Waals surface area contributed by atoms with Crippen LogP contribution in [0.3, 0.4) is 0 Å². The molecule has 0 aliphatic rings. The second-order valence-corrected chi connectivity index (χ2v) is 3.23. The lowest BCUT2D eigenvalue weighted by Gasteiger charge is -2.01. The highest BCUT2D eigenvalue weighted by molar-refractivity contribution is 5.92. The monoisotopic (exact) mass is 257 g/mol. The summed E-state index contributed by atoms with van der Waals surface area (Å²) in [6.07, 6.45) is 2.82. The first kappa shape index (κ1) is 15.3. The average molecular weight is 258 g/mol. The molecule has 0 bridgehead atoms. The number of halogens is 1. The molecule has 6 heteroatoms. The topological polar surface area (TPSA) is 101 Å². The van der Waals surface area contributed by atoms with Gasteiger partial charge in [0.1, 0.15) is 5.75 Å². The first-order chi connectivity index (χ1) is 7.63. The zero-order valence-corrected chi connectivity index (χ0v) is 10.0. The molecule has 0 heterocycles. The summed E-state index contributed by atoms with van der Waals surface area (Å²) in [6.45, 7) is 0.815. The number of hydrogen-bond acceptors (Lipinski definition) is 4. The molecule has 1 aromatic carbocycles. The molecule has 0 radical (unpaired) electrons. The molecule has 0 atom stereocenters. The fraction of sp³-hybridized carbons (Fsp3) is 0.182. The summed E-state index contributed by atoms with van der Waals surface area (Å²) in [7, 11) is 0. The predicted molar refractivity (Wildman–Crippen MR) is 70.9 cm³/mol. The number of carbonyl (C=O) groups excluding carboxylic acids is 1. The van der Waals surface area contributed by atoms with Gasteiger partial charge in [0.2, 0.25) is 5.91 Å². The molecule has 1 aromatic rings. The van der Waals surface area contributed by atoms with E-state index in [0.717, 1.165) is 0 Å². The molecule has 6 N–H and O–H groups in total. The number of hydrogen-bond donors (Lipinski definition) is 4. The quantitative estimate of drug-likeness (QED) is 0.358. The lowest BCUT2D eigenvalue weighted by molar-refractivity contribution is -0.116. The van der Waals surface area contributed by atoms with Gasteiger partial charge in [0.15, 0.2) is 0 Å². The minimum atomic E-state index is -0.257. The summed E-state index contributed by atoms with van der Waals surface area (Å²) < 4.78 is 0. The van der Waals surface area contributed by atoms with Crippen LogP contribution in [0.25, 0.3) is 6.08 Å². The molecule has 0 aliphatic heterocycles. The molecular weight excluding hydrogens is 242 g/mol. The van der Waals surface area contributed by atoms with Crippen LogP contribution in [0.1, 0.15) is 5.56 Å². The Morgan fingerprint density at radius 1 is 1.47 bits per heavy atom. The Morgan fingerprint density at radius 3 is 2.82 bits per heavy atom. The lowest BCUT2D eigenvalue weighted by atomic mass is 10.1. The van der Waals surface area contributed by atoms with Gasteiger partial charge in [0, 0.05) is 30.4 Å². The molecular formula is C11H16ClN3O2. The number of rotatable bonds is 4. The van der Waals surface area contributed by atoms with Gasteiger partial charge in [-0.05, 0) is 24.3 Å². The molecule has 0 unspecified atom stereocenters. The zero-order valence-electron chi connectivity index (χ0n) is 9.22. The summed E-state index contributed by atoms with van der Waals surface area (Å²) in [5, 5.41) is 12.0. The summed E-state index contributed by atoms with van der Waals surface area (Å²) in [5.74, 6) is -0.177. The Bertz CT molecular complexity index is 408. The summed E-state index contributed by atoms with van der Waals surface area (Å²) in [6, 6.07) is 4.65. The highest BCUT2D eigenvalue weighted by atomic mass is 35.5. The lowest BCUT2D eigenvalue weighted by Crippen LogP contribution is -2.27. The highest BCUT2D eigenvalue weighted by Gasteiger charge is 1.98. The fourth-order valence-electron chi connectivity index (χ4n) is 1.13. The Balaban J connectivity index is 0.00000256. The fourth-order valence-corrected chi connectivity index (χ4v) is 1.13. The molecule has 0 spiro atoms. The normalized spacial score (nSPS) is 9.94. The van der Waals surface area contributed by atoms with Gasteiger partial charge in [-0.25, -0.2) is 0 Å². The SMILES string of the molecule is Cl.NCCNC(=O)C=Cc1cc(N)ccc1O. The largest absolute Gasteiger partial charge is 0.507 e. The molecule has 17 heavy (non-hydrogen) atoms. The van der Waals surface area contributed by atoms with Crippen LogP contribution in [0.2, 0.25) is 0 Å². The molecule has 1 rings (SSSR count). The van der Waals surface area contributed by atoms with Crippen molar-refractivity contribution in [2.75, 3.05) is 18.8 Å². The van der Waals surface area contributed by atoms with E-state index in [4.69, 9.17) is 11.5 Å². The number of carbonyl (C=O) groups is 1. The van der Waals surface area contributed by atoms with Crippen molar-refractivity contribution in [2.45, 2.75) is 0 Å². The van der Waals surface area contributed by atoms with Crippen molar-refractivity contribution >= 4 is 30.1 Å². The Morgan fingerprint density at radius 2 is 2.18 bits per heavy atom. The van der Waals surface area contributed by atoms with Crippen molar-refractivity contribution in [3.8, 4) is 5.75 Å². The first-order valence-corrected chi connectivity index (χ1v) is 4.88. The van der Waals surface area contributed by atoms with Crippen LogP contribution in [-0.2, 0) is 4.79 Å². The highest BCUT2D eigenvalue weighted by Crippen LogP contribution is 2.20. The maximum atomic E-state index is 11.2. The van der Waals surface area contributed by atoms with Gasteiger partial charge in [0.25, 0.3) is 0 Å². The third-order valence-corrected chi connectivity index (χ3v) is 1.91. The van der Waals surface area contributed by atoms with Crippen LogP contribution in [-0.4, -0.2) is 24.1 Å². The van der Waals surface area contributed by atoms with Crippen molar-refractivity contribution in [2.24, 2.45) is 5.73 Å². The van der Waals surface area contributed by atoms with Crippen molar-refractivity contribution < 1.29 is 9.90 Å². The van der Waals surface area contributed by atoms with Crippen LogP contribution in [0.5, 0.6) is 5.75 Å². The van der Waals surface area contributed by atoms with Gasteiger partial charge in [-0.1, -0.05) is 0 Å². The van der Waals surface area contributed by atoms with E-state index in [1.54, 1.807) is 12.1 Å². The minimum absolute atomic E-state index is 0. The van der Waals surface area contributed by atoms with E-state index in [9.17, 15) is 9.90 Å². The van der Waals surface area contributed by atoms with E-state index in [2.05, 4.69) is 5.32 Å². The standard InChI is InChI=1S/C11H15N3O2.ClH/c12-5-6-14-11(16)4-1-8-7-9(13)2-3-10(8)15;/h1-4,7,15H,5-6,12-13H2,(H,14,16);1H. The maximum absolute atomic E-state index is 11.2. The van der Waals surface area contributed by atoms with E-state index in [1.807, 2.05) is 0 Å². The van der Waals surface area contributed by atoms with Crippen molar-refractivity contribution in [3.63, 3.8) is 0 Å². The van der Waals surface area contributed by atoms with Crippen LogP contribution >= 0.6 is 12.4 Å². The van der Waals surface area contributed by atoms with Crippen LogP contribution < -0.4 is 16.8 Å². The van der Waals surface area contributed by atoms with Crippen molar-refractivity contribution in [3.05, 3.63) is 29.8 Å². The number of benzene rings is 1. The smallest absolute Gasteiger partial charge is 0.244 e. The molecule has 0 saturated carbocycles. The van der Waals surface area contributed by atoms with E-state index in [0.29, 0.717) is 24.3 Å². The Labute approximate surface area is 106 Å². The number of amides is 1. The average Bonchev–Trinajstić information content (AvgIpc) is 2.27.